The van der Waals surface area contributed by atoms with Crippen molar-refractivity contribution in [3.8, 4) is 5.75 Å². The molecule has 0 saturated carbocycles. The van der Waals surface area contributed by atoms with Gasteiger partial charge in [-0.2, -0.15) is 4.31 Å². The number of methoxy groups -OCH3 is 1. The van der Waals surface area contributed by atoms with Crippen molar-refractivity contribution in [3.05, 3.63) is 24.3 Å². The normalized spacial score (nSPS) is 12.3. The van der Waals surface area contributed by atoms with Crippen molar-refractivity contribution in [1.82, 2.24) is 9.62 Å². The van der Waals surface area contributed by atoms with Gasteiger partial charge in [0.2, 0.25) is 10.0 Å². The average Bonchev–Trinajstić information content (AvgIpc) is 2.60. The van der Waals surface area contributed by atoms with E-state index in [0.717, 1.165) is 0 Å². The minimum atomic E-state index is -3.61. The summed E-state index contributed by atoms with van der Waals surface area (Å²) in [5, 5.41) is 2.72. The Kier molecular flexibility index (Phi) is 9.23. The van der Waals surface area contributed by atoms with Gasteiger partial charge in [0, 0.05) is 19.6 Å². The molecule has 1 amide bonds. The average molecular weight is 415 g/mol. The van der Waals surface area contributed by atoms with Gasteiger partial charge < -0.3 is 14.8 Å². The van der Waals surface area contributed by atoms with Crippen LogP contribution in [-0.4, -0.2) is 51.7 Å². The number of ether oxygens (including phenoxy) is 2. The largest absolute Gasteiger partial charge is 0.497 e. The number of benzene rings is 1. The molecule has 0 spiro atoms. The third-order valence-corrected chi connectivity index (χ3v) is 6.05. The van der Waals surface area contributed by atoms with Crippen LogP contribution < -0.4 is 10.1 Å². The molecule has 160 valence electrons. The smallest absolute Gasteiger partial charge is 0.407 e. The summed E-state index contributed by atoms with van der Waals surface area (Å²) in [7, 11) is -2.07. The quantitative estimate of drug-likeness (QED) is 0.597. The summed E-state index contributed by atoms with van der Waals surface area (Å²) >= 11 is 0. The molecule has 0 heterocycles. The van der Waals surface area contributed by atoms with E-state index in [4.69, 9.17) is 9.47 Å². The van der Waals surface area contributed by atoms with Gasteiger partial charge in [0.05, 0.1) is 18.1 Å². The van der Waals surface area contributed by atoms with Crippen molar-refractivity contribution in [1.29, 1.82) is 0 Å². The van der Waals surface area contributed by atoms with Gasteiger partial charge in [-0.3, -0.25) is 0 Å². The zero-order valence-electron chi connectivity index (χ0n) is 17.8. The highest BCUT2D eigenvalue weighted by Crippen LogP contribution is 2.26. The number of hydrogen-bond acceptors (Lipinski definition) is 5. The maximum absolute atomic E-state index is 13.1. The molecule has 1 aromatic carbocycles. The van der Waals surface area contributed by atoms with Crippen LogP contribution in [0.25, 0.3) is 0 Å². The topological polar surface area (TPSA) is 84.9 Å². The van der Waals surface area contributed by atoms with Crippen LogP contribution in [0.4, 0.5) is 4.79 Å². The second-order valence-corrected chi connectivity index (χ2v) is 9.75. The van der Waals surface area contributed by atoms with E-state index in [1.165, 1.54) is 4.31 Å². The van der Waals surface area contributed by atoms with E-state index < -0.39 is 16.1 Å². The number of alkyl carbamates (subject to hydrolysis) is 1. The maximum atomic E-state index is 13.1. The van der Waals surface area contributed by atoms with Crippen LogP contribution in [-0.2, 0) is 14.8 Å². The molecular formula is C20H34N2O5S. The first kappa shape index (κ1) is 24.2. The molecule has 0 aromatic heterocycles. The lowest BCUT2D eigenvalue weighted by molar-refractivity contribution is 0.114. The predicted molar refractivity (Wildman–Crippen MR) is 110 cm³/mol. The standard InChI is InChI=1S/C20H34N2O5S/c1-7-14-22(28(24,25)18-10-8-17(26-6)9-11-18)15-20(4,5)12-13-21-19(23)27-16(2)3/h8-11,16H,7,12-15H2,1-6H3,(H,21,23). The summed E-state index contributed by atoms with van der Waals surface area (Å²) in [6.07, 6.45) is 0.702. The van der Waals surface area contributed by atoms with Crippen LogP contribution in [0.5, 0.6) is 5.75 Å². The van der Waals surface area contributed by atoms with Crippen molar-refractivity contribution in [2.75, 3.05) is 26.7 Å². The van der Waals surface area contributed by atoms with E-state index in [-0.39, 0.29) is 16.4 Å². The van der Waals surface area contributed by atoms with Gasteiger partial charge in [0.25, 0.3) is 0 Å². The summed E-state index contributed by atoms with van der Waals surface area (Å²) in [5.74, 6) is 0.612. The molecule has 1 N–H and O–H groups in total. The zero-order chi connectivity index (χ0) is 21.4. The van der Waals surface area contributed by atoms with E-state index in [9.17, 15) is 13.2 Å². The molecular weight excluding hydrogens is 380 g/mol. The molecule has 0 unspecified atom stereocenters. The molecule has 8 heteroatoms. The van der Waals surface area contributed by atoms with Crippen LogP contribution in [0.3, 0.4) is 0 Å². The summed E-state index contributed by atoms with van der Waals surface area (Å²) in [5.41, 5.74) is -0.320. The van der Waals surface area contributed by atoms with E-state index in [1.807, 2.05) is 20.8 Å². The zero-order valence-corrected chi connectivity index (χ0v) is 18.6. The van der Waals surface area contributed by atoms with Gasteiger partial charge in [-0.25, -0.2) is 13.2 Å². The number of carbonyl (C=O) groups excluding carboxylic acids is 1. The van der Waals surface area contributed by atoms with Crippen molar-refractivity contribution in [3.63, 3.8) is 0 Å². The predicted octanol–water partition coefficient (Wildman–Crippen LogP) is 3.65. The lowest BCUT2D eigenvalue weighted by atomic mass is 9.89. The lowest BCUT2D eigenvalue weighted by Crippen LogP contribution is -2.41. The Bertz CT molecular complexity index is 715. The molecule has 0 bridgehead atoms. The molecule has 1 aromatic rings. The summed E-state index contributed by atoms with van der Waals surface area (Å²) < 4.78 is 37.9. The fourth-order valence-electron chi connectivity index (χ4n) is 2.75. The monoisotopic (exact) mass is 414 g/mol. The SMILES string of the molecule is CCCN(CC(C)(C)CCNC(=O)OC(C)C)S(=O)(=O)c1ccc(OC)cc1. The van der Waals surface area contributed by atoms with E-state index >= 15 is 0 Å². The molecule has 0 radical (unpaired) electrons. The highest BCUT2D eigenvalue weighted by Gasteiger charge is 2.30. The summed E-state index contributed by atoms with van der Waals surface area (Å²) in [6.45, 7) is 10.7. The van der Waals surface area contributed by atoms with Gasteiger partial charge >= 0.3 is 6.09 Å². The molecule has 0 aliphatic carbocycles. The third-order valence-electron chi connectivity index (χ3n) is 4.19. The Morgan fingerprint density at radius 1 is 1.21 bits per heavy atom. The second-order valence-electron chi connectivity index (χ2n) is 7.81. The fourth-order valence-corrected chi connectivity index (χ4v) is 4.47. The van der Waals surface area contributed by atoms with Gasteiger partial charge in [0.1, 0.15) is 5.75 Å². The Hall–Kier alpha value is -1.80. The van der Waals surface area contributed by atoms with Crippen LogP contribution in [0.15, 0.2) is 29.2 Å². The Morgan fingerprint density at radius 3 is 2.32 bits per heavy atom. The van der Waals surface area contributed by atoms with Gasteiger partial charge in [-0.05, 0) is 56.4 Å². The summed E-state index contributed by atoms with van der Waals surface area (Å²) in [4.78, 5) is 11.9. The number of rotatable bonds is 11. The van der Waals surface area contributed by atoms with Crippen LogP contribution in [0.1, 0.15) is 47.5 Å². The van der Waals surface area contributed by atoms with Crippen molar-refractivity contribution >= 4 is 16.1 Å². The minimum Gasteiger partial charge on any atom is -0.497 e. The lowest BCUT2D eigenvalue weighted by Gasteiger charge is -2.32. The molecule has 28 heavy (non-hydrogen) atoms. The molecule has 0 aliphatic heterocycles. The molecule has 0 fully saturated rings. The first-order valence-corrected chi connectivity index (χ1v) is 11.0. The second kappa shape index (κ2) is 10.7. The van der Waals surface area contributed by atoms with E-state index in [2.05, 4.69) is 5.32 Å². The Labute approximate surface area is 169 Å². The Morgan fingerprint density at radius 2 is 1.82 bits per heavy atom. The van der Waals surface area contributed by atoms with Gasteiger partial charge in [-0.1, -0.05) is 20.8 Å². The van der Waals surface area contributed by atoms with Crippen LogP contribution in [0, 0.1) is 5.41 Å². The fraction of sp³-hybridized carbons (Fsp3) is 0.650. The first-order valence-electron chi connectivity index (χ1n) is 9.60. The highest BCUT2D eigenvalue weighted by atomic mass is 32.2. The van der Waals surface area contributed by atoms with Crippen molar-refractivity contribution < 1.29 is 22.7 Å². The van der Waals surface area contributed by atoms with Crippen LogP contribution in [0.2, 0.25) is 0 Å². The first-order chi connectivity index (χ1) is 13.0. The van der Waals surface area contributed by atoms with Crippen molar-refractivity contribution in [2.45, 2.75) is 58.5 Å². The van der Waals surface area contributed by atoms with Gasteiger partial charge in [0.15, 0.2) is 0 Å². The Balaban J connectivity index is 2.81. The number of amides is 1. The molecule has 0 atom stereocenters. The summed E-state index contributed by atoms with van der Waals surface area (Å²) in [6, 6.07) is 6.42. The molecule has 0 aliphatic rings. The number of nitrogens with one attached hydrogen (secondary N) is 1. The number of hydrogen-bond donors (Lipinski definition) is 1. The molecule has 1 rings (SSSR count). The number of carbonyl (C=O) groups is 1. The molecule has 0 saturated heterocycles. The van der Waals surface area contributed by atoms with Crippen LogP contribution >= 0.6 is 0 Å². The van der Waals surface area contributed by atoms with Crippen molar-refractivity contribution in [2.24, 2.45) is 5.41 Å². The molecule has 7 nitrogen and oxygen atoms in total. The number of nitrogens with zero attached hydrogens (tertiary/aromatic N) is 1. The maximum Gasteiger partial charge on any atom is 0.407 e. The number of sulfonamides is 1. The third kappa shape index (κ3) is 7.67. The van der Waals surface area contributed by atoms with E-state index in [0.29, 0.717) is 38.2 Å². The minimum absolute atomic E-state index is 0.178. The van der Waals surface area contributed by atoms with Gasteiger partial charge in [-0.15, -0.1) is 0 Å². The van der Waals surface area contributed by atoms with E-state index in [1.54, 1.807) is 45.2 Å². The highest BCUT2D eigenvalue weighted by molar-refractivity contribution is 7.89.